The first-order valence-corrected chi connectivity index (χ1v) is 23.0. The van der Waals surface area contributed by atoms with Crippen molar-refractivity contribution in [3.05, 3.63) is 65.2 Å². The van der Waals surface area contributed by atoms with Crippen LogP contribution in [0, 0.1) is 5.92 Å². The van der Waals surface area contributed by atoms with E-state index < -0.39 is 47.7 Å². The van der Waals surface area contributed by atoms with E-state index >= 15 is 0 Å². The van der Waals surface area contributed by atoms with Crippen LogP contribution in [0.4, 0.5) is 26.0 Å². The number of carbonyl (C=O) groups excluding carboxylic acids is 5. The second-order valence-electron chi connectivity index (χ2n) is 18.4. The highest BCUT2D eigenvalue weighted by atomic mass is 19.3. The van der Waals surface area contributed by atoms with Crippen molar-refractivity contribution in [2.24, 2.45) is 5.92 Å². The van der Waals surface area contributed by atoms with E-state index in [9.17, 15) is 32.8 Å². The average molecular weight is 913 g/mol. The Labute approximate surface area is 379 Å². The third kappa shape index (κ3) is 8.75. The van der Waals surface area contributed by atoms with Crippen molar-refractivity contribution >= 4 is 52.4 Å². The number of imide groups is 2. The van der Waals surface area contributed by atoms with Crippen molar-refractivity contribution < 1.29 is 42.2 Å². The highest BCUT2D eigenvalue weighted by Crippen LogP contribution is 2.37. The lowest BCUT2D eigenvalue weighted by atomic mass is 9.86. The molecule has 350 valence electrons. The van der Waals surface area contributed by atoms with E-state index in [2.05, 4.69) is 47.9 Å². The summed E-state index contributed by atoms with van der Waals surface area (Å²) in [6, 6.07) is 6.03. The molecular weight excluding hydrogens is 859 g/mol. The molecule has 5 aliphatic heterocycles. The Morgan fingerprint density at radius 3 is 2.64 bits per heavy atom. The van der Waals surface area contributed by atoms with Crippen molar-refractivity contribution in [3.63, 3.8) is 0 Å². The van der Waals surface area contributed by atoms with Crippen LogP contribution >= 0.6 is 0 Å². The van der Waals surface area contributed by atoms with Gasteiger partial charge < -0.3 is 29.9 Å². The number of benzene rings is 1. The van der Waals surface area contributed by atoms with E-state index in [0.717, 1.165) is 82.0 Å². The van der Waals surface area contributed by atoms with Gasteiger partial charge in [0.25, 0.3) is 24.1 Å². The van der Waals surface area contributed by atoms with Crippen LogP contribution in [0.15, 0.2) is 42.9 Å². The van der Waals surface area contributed by atoms with E-state index in [1.807, 2.05) is 6.07 Å². The van der Waals surface area contributed by atoms with Crippen LogP contribution in [-0.2, 0) is 19.1 Å². The zero-order chi connectivity index (χ0) is 45.6. The summed E-state index contributed by atoms with van der Waals surface area (Å²) in [5.41, 5.74) is 1.01. The fourth-order valence-electron chi connectivity index (χ4n) is 10.6. The van der Waals surface area contributed by atoms with Gasteiger partial charge >= 0.3 is 0 Å². The van der Waals surface area contributed by atoms with Crippen molar-refractivity contribution in [2.45, 2.75) is 88.1 Å². The van der Waals surface area contributed by atoms with Crippen LogP contribution in [0.2, 0.25) is 0 Å². The van der Waals surface area contributed by atoms with Gasteiger partial charge in [-0.25, -0.2) is 18.3 Å². The molecule has 0 spiro atoms. The molecule has 1 unspecified atom stereocenters. The third-order valence-corrected chi connectivity index (χ3v) is 14.0. The number of rotatable bonds is 15. The standard InChI is InChI=1S/C45H54F2N12O7/c1-54(13-3-14-55-16-17-65-30(22-55)19-48-33-5-2-4-31-38(33)45(64)59(44(31)63)35-10-11-37(60)52-43(35)62)21-26-6-8-27(9-7-26)58-24-34(39(53-58)40(46)47)50-42(61)32-20-49-57-15-12-36(51-41(32)57)56-23-29-18-28(56)25-66-29/h2,4-5,12,15,20,24,26-30,35,40,48H,3,6-11,13-14,16-19,21-23,25H2,1H3,(H,50,61)(H,52,60,62)/t26?,27?,28-,29-,30-,35?/m1/s1. The smallest absolute Gasteiger partial charge is 0.284 e. The molecule has 5 fully saturated rings. The molecule has 66 heavy (non-hydrogen) atoms. The molecule has 0 radical (unpaired) electrons. The van der Waals surface area contributed by atoms with E-state index in [4.69, 9.17) is 14.5 Å². The summed E-state index contributed by atoms with van der Waals surface area (Å²) in [6.07, 6.45) is 7.34. The molecule has 4 saturated heterocycles. The number of anilines is 3. The number of amides is 5. The van der Waals surface area contributed by atoms with Gasteiger partial charge in [-0.15, -0.1) is 0 Å². The first-order valence-electron chi connectivity index (χ1n) is 23.0. The number of halogens is 2. The highest BCUT2D eigenvalue weighted by Gasteiger charge is 2.46. The lowest BCUT2D eigenvalue weighted by Crippen LogP contribution is -2.54. The summed E-state index contributed by atoms with van der Waals surface area (Å²) in [5.74, 6) is -1.55. The Hall–Kier alpha value is -5.90. The van der Waals surface area contributed by atoms with Gasteiger partial charge in [-0.3, -0.25) is 43.8 Å². The maximum atomic E-state index is 14.3. The predicted octanol–water partition coefficient (Wildman–Crippen LogP) is 3.36. The topological polar surface area (TPSA) is 201 Å². The van der Waals surface area contributed by atoms with Crippen molar-refractivity contribution in [1.29, 1.82) is 0 Å². The van der Waals surface area contributed by atoms with Gasteiger partial charge in [0, 0.05) is 57.2 Å². The summed E-state index contributed by atoms with van der Waals surface area (Å²) < 4.78 is 43.5. The van der Waals surface area contributed by atoms with Gasteiger partial charge in [-0.1, -0.05) is 6.07 Å². The SMILES string of the molecule is CN(CCCN1CCO[C@H](CNc2cccc3c2C(=O)N(C2CCC(=O)NC2=O)C3=O)C1)CC1CCC(n2cc(NC(=O)c3cnn4ccc(N5C[C@H]6C[C@@H]5CO6)nc34)c(C(F)F)n2)CC1. The molecular formula is C45H54F2N12O7. The molecule has 10 rings (SSSR count). The summed E-state index contributed by atoms with van der Waals surface area (Å²) >= 11 is 0. The number of aromatic nitrogens is 5. The van der Waals surface area contributed by atoms with Gasteiger partial charge in [-0.05, 0) is 89.2 Å². The Morgan fingerprint density at radius 1 is 1.02 bits per heavy atom. The Bertz CT molecular complexity index is 2530. The Kier molecular flexibility index (Phi) is 12.3. The fourth-order valence-corrected chi connectivity index (χ4v) is 10.6. The molecule has 6 aliphatic rings. The summed E-state index contributed by atoms with van der Waals surface area (Å²) in [6.45, 7) is 6.59. The van der Waals surface area contributed by atoms with Crippen molar-refractivity contribution in [1.82, 2.24) is 44.4 Å². The third-order valence-electron chi connectivity index (χ3n) is 14.0. The molecule has 2 bridgehead atoms. The average Bonchev–Trinajstić information content (AvgIpc) is 4.16. The minimum Gasteiger partial charge on any atom is -0.382 e. The molecule has 1 aliphatic carbocycles. The summed E-state index contributed by atoms with van der Waals surface area (Å²) in [4.78, 5) is 77.1. The number of hydrogen-bond acceptors (Lipinski definition) is 14. The number of alkyl halides is 2. The molecule has 1 aromatic carbocycles. The van der Waals surface area contributed by atoms with Gasteiger partial charge in [0.1, 0.15) is 17.4 Å². The zero-order valence-electron chi connectivity index (χ0n) is 36.7. The molecule has 21 heteroatoms. The maximum absolute atomic E-state index is 14.3. The fraction of sp³-hybridized carbons (Fsp3) is 0.556. The van der Waals surface area contributed by atoms with Gasteiger partial charge in [0.2, 0.25) is 11.8 Å². The molecule has 1 saturated carbocycles. The monoisotopic (exact) mass is 912 g/mol. The minimum atomic E-state index is -2.87. The van der Waals surface area contributed by atoms with Crippen LogP contribution in [-0.4, -0.2) is 159 Å². The number of piperidine rings is 1. The zero-order valence-corrected chi connectivity index (χ0v) is 36.7. The van der Waals surface area contributed by atoms with E-state index in [1.165, 1.54) is 16.9 Å². The molecule has 8 heterocycles. The van der Waals surface area contributed by atoms with Crippen LogP contribution in [0.1, 0.15) is 101 Å². The predicted molar refractivity (Wildman–Crippen MR) is 235 cm³/mol. The number of fused-ring (bicyclic) bond motifs is 4. The number of nitrogens with one attached hydrogen (secondary N) is 3. The highest BCUT2D eigenvalue weighted by molar-refractivity contribution is 6.25. The number of nitrogens with zero attached hydrogens (tertiary/aromatic N) is 9. The second-order valence-corrected chi connectivity index (χ2v) is 18.4. The molecule has 5 amide bonds. The van der Waals surface area contributed by atoms with Crippen molar-refractivity contribution in [2.75, 3.05) is 81.6 Å². The maximum Gasteiger partial charge on any atom is 0.284 e. The normalized spacial score (nSPS) is 25.7. The Morgan fingerprint density at radius 2 is 1.86 bits per heavy atom. The number of morpholine rings is 2. The van der Waals surface area contributed by atoms with Crippen molar-refractivity contribution in [3.8, 4) is 0 Å². The van der Waals surface area contributed by atoms with E-state index in [0.29, 0.717) is 43.6 Å². The van der Waals surface area contributed by atoms with Crippen LogP contribution < -0.4 is 20.9 Å². The number of ether oxygens (including phenoxy) is 2. The van der Waals surface area contributed by atoms with E-state index in [1.54, 1.807) is 29.1 Å². The number of carbonyl (C=O) groups is 5. The molecule has 4 aromatic rings. The lowest BCUT2D eigenvalue weighted by molar-refractivity contribution is -0.136. The quantitative estimate of drug-likeness (QED) is 0.147. The number of hydrogen-bond donors (Lipinski definition) is 3. The van der Waals surface area contributed by atoms with E-state index in [-0.39, 0.29) is 59.5 Å². The summed E-state index contributed by atoms with van der Waals surface area (Å²) in [5, 5.41) is 16.8. The van der Waals surface area contributed by atoms with Crippen LogP contribution in [0.25, 0.3) is 5.65 Å². The van der Waals surface area contributed by atoms with Gasteiger partial charge in [0.15, 0.2) is 11.3 Å². The molecule has 3 N–H and O–H groups in total. The second kappa shape index (κ2) is 18.4. The lowest BCUT2D eigenvalue weighted by Gasteiger charge is -2.34. The summed E-state index contributed by atoms with van der Waals surface area (Å²) in [7, 11) is 2.13. The molecule has 19 nitrogen and oxygen atoms in total. The Balaban J connectivity index is 0.670. The molecule has 3 aromatic heterocycles. The minimum absolute atomic E-state index is 0.0159. The first kappa shape index (κ1) is 44.0. The molecule has 4 atom stereocenters. The van der Waals surface area contributed by atoms with Gasteiger partial charge in [0.05, 0.1) is 60.5 Å². The van der Waals surface area contributed by atoms with Gasteiger partial charge in [-0.2, -0.15) is 10.2 Å². The first-order chi connectivity index (χ1) is 32.0. The van der Waals surface area contributed by atoms with Crippen LogP contribution in [0.5, 0.6) is 0 Å². The van der Waals surface area contributed by atoms with Crippen LogP contribution in [0.3, 0.4) is 0 Å². The largest absolute Gasteiger partial charge is 0.382 e.